The number of carbonyl (C=O) groups excluding carboxylic acids is 2. The quantitative estimate of drug-likeness (QED) is 0.770. The molecule has 2 amide bonds. The van der Waals surface area contributed by atoms with Crippen molar-refractivity contribution in [3.05, 3.63) is 58.3 Å². The van der Waals surface area contributed by atoms with Gasteiger partial charge in [-0.05, 0) is 30.3 Å². The van der Waals surface area contributed by atoms with Crippen LogP contribution in [0, 0.1) is 5.82 Å². The summed E-state index contributed by atoms with van der Waals surface area (Å²) in [5, 5.41) is 3.06. The maximum Gasteiger partial charge on any atom is 0.242 e. The van der Waals surface area contributed by atoms with Crippen LogP contribution in [0.3, 0.4) is 0 Å². The first-order valence-corrected chi connectivity index (χ1v) is 9.51. The lowest BCUT2D eigenvalue weighted by molar-refractivity contribution is -0.127. The summed E-state index contributed by atoms with van der Waals surface area (Å²) in [5.74, 6) is -1.23. The van der Waals surface area contributed by atoms with Gasteiger partial charge in [-0.2, -0.15) is 0 Å². The molecule has 1 atom stereocenters. The van der Waals surface area contributed by atoms with E-state index in [1.807, 2.05) is 0 Å². The van der Waals surface area contributed by atoms with E-state index in [0.29, 0.717) is 20.9 Å². The summed E-state index contributed by atoms with van der Waals surface area (Å²) in [7, 11) is 1.58. The molecule has 5 nitrogen and oxygen atoms in total. The minimum absolute atomic E-state index is 0.0796. The Balaban J connectivity index is 1.70. The molecule has 2 aromatic rings. The van der Waals surface area contributed by atoms with Crippen molar-refractivity contribution in [1.29, 1.82) is 0 Å². The number of hydrogen-bond donors (Lipinski definition) is 1. The fourth-order valence-electron chi connectivity index (χ4n) is 2.39. The number of nitrogens with zero attached hydrogens (tertiary/aromatic N) is 2. The highest BCUT2D eigenvalue weighted by Gasteiger charge is 2.37. The van der Waals surface area contributed by atoms with E-state index in [2.05, 4.69) is 10.3 Å². The number of benzene rings is 2. The summed E-state index contributed by atoms with van der Waals surface area (Å²) in [4.78, 5) is 30.4. The van der Waals surface area contributed by atoms with E-state index in [1.54, 1.807) is 31.3 Å². The zero-order valence-electron chi connectivity index (χ0n) is 14.1. The average Bonchev–Trinajstić information content (AvgIpc) is 2.88. The smallest absolute Gasteiger partial charge is 0.242 e. The third-order valence-corrected chi connectivity index (χ3v) is 5.76. The van der Waals surface area contributed by atoms with Crippen LogP contribution in [0.2, 0.25) is 10.0 Å². The van der Waals surface area contributed by atoms with Crippen LogP contribution in [-0.2, 0) is 9.59 Å². The van der Waals surface area contributed by atoms with Crippen molar-refractivity contribution >= 4 is 63.3 Å². The van der Waals surface area contributed by atoms with Crippen LogP contribution < -0.4 is 5.32 Å². The first-order chi connectivity index (χ1) is 12.8. The van der Waals surface area contributed by atoms with Crippen LogP contribution in [0.1, 0.15) is 6.42 Å². The molecular weight excluding hydrogens is 412 g/mol. The Bertz CT molecular complexity index is 939. The molecule has 9 heteroatoms. The van der Waals surface area contributed by atoms with Crippen LogP contribution in [0.15, 0.2) is 47.5 Å². The molecule has 1 fully saturated rings. The van der Waals surface area contributed by atoms with Crippen LogP contribution in [0.25, 0.3) is 0 Å². The molecule has 1 aliphatic heterocycles. The summed E-state index contributed by atoms with van der Waals surface area (Å²) in [6.07, 6.45) is -0.0947. The molecule has 0 bridgehead atoms. The summed E-state index contributed by atoms with van der Waals surface area (Å²) in [5.41, 5.74) is 0.624. The molecule has 0 spiro atoms. The standard InChI is InChI=1S/C18H14Cl2FN3O2S/c1-24-17(26)15(9-16(25)23-14-5-3-2-4-13(14)21)27-18(24)22-10-6-7-11(19)12(20)8-10/h2-8,15H,9H2,1H3,(H,23,25)/t15-/m0/s1. The van der Waals surface area contributed by atoms with Crippen molar-refractivity contribution in [3.63, 3.8) is 0 Å². The highest BCUT2D eigenvalue weighted by Crippen LogP contribution is 2.32. The molecule has 0 radical (unpaired) electrons. The summed E-state index contributed by atoms with van der Waals surface area (Å²) in [6.45, 7) is 0. The Hall–Kier alpha value is -2.09. The lowest BCUT2D eigenvalue weighted by atomic mass is 10.2. The molecule has 1 N–H and O–H groups in total. The predicted octanol–water partition coefficient (Wildman–Crippen LogP) is 4.72. The highest BCUT2D eigenvalue weighted by atomic mass is 35.5. The summed E-state index contributed by atoms with van der Waals surface area (Å²) >= 11 is 13.0. The Morgan fingerprint density at radius 1 is 1.26 bits per heavy atom. The second-order valence-electron chi connectivity index (χ2n) is 5.73. The van der Waals surface area contributed by atoms with Gasteiger partial charge in [-0.1, -0.05) is 47.1 Å². The van der Waals surface area contributed by atoms with Crippen molar-refractivity contribution in [2.45, 2.75) is 11.7 Å². The van der Waals surface area contributed by atoms with E-state index >= 15 is 0 Å². The lowest BCUT2D eigenvalue weighted by Gasteiger charge is -2.09. The van der Waals surface area contributed by atoms with Crippen LogP contribution in [0.4, 0.5) is 15.8 Å². The molecule has 0 saturated carbocycles. The number of hydrogen-bond acceptors (Lipinski definition) is 4. The fourth-order valence-corrected chi connectivity index (χ4v) is 3.84. The number of thioether (sulfide) groups is 1. The number of carbonyl (C=O) groups is 2. The van der Waals surface area contributed by atoms with E-state index in [9.17, 15) is 14.0 Å². The number of halogens is 3. The monoisotopic (exact) mass is 425 g/mol. The van der Waals surface area contributed by atoms with E-state index in [0.717, 1.165) is 0 Å². The maximum absolute atomic E-state index is 13.6. The van der Waals surface area contributed by atoms with E-state index in [4.69, 9.17) is 23.2 Å². The number of para-hydroxylation sites is 1. The molecule has 2 aromatic carbocycles. The Kier molecular flexibility index (Phi) is 6.04. The van der Waals surface area contributed by atoms with Crippen molar-refractivity contribution in [1.82, 2.24) is 4.90 Å². The van der Waals surface area contributed by atoms with E-state index < -0.39 is 17.0 Å². The van der Waals surface area contributed by atoms with Gasteiger partial charge in [0.1, 0.15) is 11.1 Å². The molecule has 1 saturated heterocycles. The molecule has 1 aliphatic rings. The zero-order chi connectivity index (χ0) is 19.6. The van der Waals surface area contributed by atoms with Gasteiger partial charge in [-0.3, -0.25) is 14.5 Å². The molecule has 0 aromatic heterocycles. The third-order valence-electron chi connectivity index (χ3n) is 3.79. The van der Waals surface area contributed by atoms with Gasteiger partial charge in [0, 0.05) is 13.5 Å². The number of amides is 2. The Morgan fingerprint density at radius 3 is 2.70 bits per heavy atom. The van der Waals surface area contributed by atoms with E-state index in [-0.39, 0.29) is 18.0 Å². The average molecular weight is 426 g/mol. The van der Waals surface area contributed by atoms with Gasteiger partial charge in [0.2, 0.25) is 11.8 Å². The third kappa shape index (κ3) is 4.61. The number of amidine groups is 1. The number of anilines is 1. The molecule has 3 rings (SSSR count). The zero-order valence-corrected chi connectivity index (χ0v) is 16.4. The van der Waals surface area contributed by atoms with Gasteiger partial charge in [0.05, 0.1) is 21.4 Å². The minimum Gasteiger partial charge on any atom is -0.324 e. The Morgan fingerprint density at radius 2 is 2.00 bits per heavy atom. The topological polar surface area (TPSA) is 61.8 Å². The van der Waals surface area contributed by atoms with E-state index in [1.165, 1.54) is 34.9 Å². The van der Waals surface area contributed by atoms with Crippen LogP contribution >= 0.6 is 35.0 Å². The number of rotatable bonds is 4. The summed E-state index contributed by atoms with van der Waals surface area (Å²) < 4.78 is 13.6. The first-order valence-electron chi connectivity index (χ1n) is 7.87. The van der Waals surface area contributed by atoms with Crippen molar-refractivity contribution < 1.29 is 14.0 Å². The predicted molar refractivity (Wildman–Crippen MR) is 107 cm³/mol. The largest absolute Gasteiger partial charge is 0.324 e. The molecule has 1 heterocycles. The molecular formula is C18H14Cl2FN3O2S. The molecule has 27 heavy (non-hydrogen) atoms. The number of aliphatic imine (C=N–C) groups is 1. The second-order valence-corrected chi connectivity index (χ2v) is 7.71. The highest BCUT2D eigenvalue weighted by molar-refractivity contribution is 8.15. The fraction of sp³-hybridized carbons (Fsp3) is 0.167. The van der Waals surface area contributed by atoms with Crippen molar-refractivity contribution in [2.75, 3.05) is 12.4 Å². The molecule has 0 unspecified atom stereocenters. The van der Waals surface area contributed by atoms with Crippen LogP contribution in [-0.4, -0.2) is 34.2 Å². The molecule has 0 aliphatic carbocycles. The molecule has 140 valence electrons. The first kappa shape index (κ1) is 19.7. The van der Waals surface area contributed by atoms with Crippen molar-refractivity contribution in [2.24, 2.45) is 4.99 Å². The Labute approximate surface area is 169 Å². The van der Waals surface area contributed by atoms with Gasteiger partial charge in [0.25, 0.3) is 0 Å². The second kappa shape index (κ2) is 8.29. The lowest BCUT2D eigenvalue weighted by Crippen LogP contribution is -2.30. The van der Waals surface area contributed by atoms with Gasteiger partial charge in [-0.15, -0.1) is 0 Å². The SMILES string of the molecule is CN1C(=O)[C@H](CC(=O)Nc2ccccc2F)SC1=Nc1ccc(Cl)c(Cl)c1. The minimum atomic E-state index is -0.636. The number of nitrogens with one attached hydrogen (secondary N) is 1. The van der Waals surface area contributed by atoms with Gasteiger partial charge in [-0.25, -0.2) is 9.38 Å². The summed E-state index contributed by atoms with van der Waals surface area (Å²) in [6, 6.07) is 10.7. The normalized spacial score (nSPS) is 18.2. The maximum atomic E-state index is 13.6. The van der Waals surface area contributed by atoms with Gasteiger partial charge < -0.3 is 5.32 Å². The van der Waals surface area contributed by atoms with Crippen molar-refractivity contribution in [3.8, 4) is 0 Å². The van der Waals surface area contributed by atoms with Gasteiger partial charge >= 0.3 is 0 Å². The van der Waals surface area contributed by atoms with Crippen LogP contribution in [0.5, 0.6) is 0 Å². The van der Waals surface area contributed by atoms with Gasteiger partial charge in [0.15, 0.2) is 5.17 Å².